The molecule has 0 N–H and O–H groups in total. The number of hydrogen-bond donors (Lipinski definition) is 0. The Morgan fingerprint density at radius 1 is 0.535 bits per heavy atom. The summed E-state index contributed by atoms with van der Waals surface area (Å²) >= 11 is 1.67. The zero-order valence-electron chi connectivity index (χ0n) is 33.3. The first kappa shape index (κ1) is 15.7. The van der Waals surface area contributed by atoms with Gasteiger partial charge in [-0.1, -0.05) is 84.8 Å². The van der Waals surface area contributed by atoms with Crippen LogP contribution in [0.15, 0.2) is 156 Å². The summed E-state index contributed by atoms with van der Waals surface area (Å²) in [4.78, 5) is 1.77. The van der Waals surface area contributed by atoms with Gasteiger partial charge in [-0.05, 0) is 88.5 Å². The molecule has 9 rings (SSSR count). The molecule has 9 aromatic rings. The van der Waals surface area contributed by atoms with Crippen molar-refractivity contribution in [2.75, 3.05) is 4.90 Å². The zero-order chi connectivity index (χ0) is 37.9. The van der Waals surface area contributed by atoms with E-state index in [1.54, 1.807) is 40.5 Å². The summed E-state index contributed by atoms with van der Waals surface area (Å²) in [6.45, 7) is 0. The predicted molar refractivity (Wildman–Crippen MR) is 184 cm³/mol. The fraction of sp³-hybridized carbons (Fsp3) is 0. The van der Waals surface area contributed by atoms with Crippen LogP contribution < -0.4 is 4.90 Å². The number of anilines is 3. The Hall–Kier alpha value is -5.38. The summed E-state index contributed by atoms with van der Waals surface area (Å²) in [5.74, 6) is 0. The minimum atomic E-state index is -0.386. The van der Waals surface area contributed by atoms with Crippen molar-refractivity contribution in [3.63, 3.8) is 0 Å². The normalized spacial score (nSPS) is 15.3. The fourth-order valence-corrected chi connectivity index (χ4v) is 6.71. The Balaban J connectivity index is 1.25. The molecule has 0 bridgehead atoms. The van der Waals surface area contributed by atoms with Crippen LogP contribution in [0.4, 0.5) is 17.1 Å². The Bertz CT molecular complexity index is 3060. The van der Waals surface area contributed by atoms with Crippen LogP contribution in [0.5, 0.6) is 0 Å². The molecule has 0 aliphatic rings. The summed E-state index contributed by atoms with van der Waals surface area (Å²) in [5.41, 5.74) is 1.89. The average Bonchev–Trinajstić information content (AvgIpc) is 3.71. The van der Waals surface area contributed by atoms with Gasteiger partial charge >= 0.3 is 0 Å². The molecular weight excluding hydrogens is 543 g/mol. The maximum Gasteiger partial charge on any atom is 0.136 e. The van der Waals surface area contributed by atoms with E-state index in [4.69, 9.17) is 18.1 Å². The molecule has 0 aliphatic carbocycles. The van der Waals surface area contributed by atoms with Gasteiger partial charge in [0.05, 0.1) is 15.1 Å². The number of furan rings is 1. The number of para-hydroxylation sites is 2. The maximum absolute atomic E-state index is 9.30. The van der Waals surface area contributed by atoms with E-state index >= 15 is 0 Å². The number of nitrogens with zero attached hydrogens (tertiary/aromatic N) is 1. The van der Waals surface area contributed by atoms with Gasteiger partial charge in [-0.2, -0.15) is 0 Å². The highest BCUT2D eigenvalue weighted by molar-refractivity contribution is 7.25. The molecule has 0 amide bonds. The lowest BCUT2D eigenvalue weighted by Crippen LogP contribution is -2.09. The van der Waals surface area contributed by atoms with Crippen molar-refractivity contribution in [3.8, 4) is 11.1 Å². The topological polar surface area (TPSA) is 16.4 Å². The van der Waals surface area contributed by atoms with Crippen molar-refractivity contribution in [2.24, 2.45) is 0 Å². The van der Waals surface area contributed by atoms with Crippen LogP contribution in [-0.2, 0) is 0 Å². The highest BCUT2D eigenvalue weighted by atomic mass is 32.1. The summed E-state index contributed by atoms with van der Waals surface area (Å²) < 4.78 is 104. The average molecular weight is 579 g/mol. The number of thiophene rings is 1. The third-order valence-electron chi connectivity index (χ3n) is 7.60. The van der Waals surface area contributed by atoms with E-state index in [-0.39, 0.29) is 110 Å². The van der Waals surface area contributed by atoms with Gasteiger partial charge in [-0.15, -0.1) is 11.3 Å². The Labute approximate surface area is 268 Å². The third-order valence-corrected chi connectivity index (χ3v) is 8.75. The van der Waals surface area contributed by atoms with E-state index in [1.807, 2.05) is 30.3 Å². The fourth-order valence-electron chi connectivity index (χ4n) is 5.62. The van der Waals surface area contributed by atoms with E-state index in [0.717, 1.165) is 20.2 Å². The van der Waals surface area contributed by atoms with Gasteiger partial charge in [-0.3, -0.25) is 0 Å². The zero-order valence-corrected chi connectivity index (χ0v) is 23.2. The highest BCUT2D eigenvalue weighted by Gasteiger charge is 2.15. The molecule has 0 unspecified atom stereocenters. The second kappa shape index (κ2) is 9.59. The monoisotopic (exact) mass is 578 g/mol. The second-order valence-corrected chi connectivity index (χ2v) is 11.2. The van der Waals surface area contributed by atoms with Gasteiger partial charge in [-0.25, -0.2) is 0 Å². The van der Waals surface area contributed by atoms with E-state index in [0.29, 0.717) is 16.9 Å². The molecule has 2 nitrogen and oxygen atoms in total. The first-order valence-electron chi connectivity index (χ1n) is 19.1. The summed E-state index contributed by atoms with van der Waals surface area (Å²) in [7, 11) is 0. The molecule has 0 aliphatic heterocycles. The van der Waals surface area contributed by atoms with Crippen molar-refractivity contribution in [3.05, 3.63) is 151 Å². The first-order valence-corrected chi connectivity index (χ1v) is 14.4. The highest BCUT2D eigenvalue weighted by Crippen LogP contribution is 2.41. The summed E-state index contributed by atoms with van der Waals surface area (Å²) in [6, 6.07) is 22.2. The van der Waals surface area contributed by atoms with E-state index in [9.17, 15) is 1.37 Å². The molecule has 0 radical (unpaired) electrons. The molecule has 0 saturated carbocycles. The third kappa shape index (κ3) is 3.93. The van der Waals surface area contributed by atoms with Gasteiger partial charge in [0, 0.05) is 48.0 Å². The first-order chi connectivity index (χ1) is 25.8. The smallest absolute Gasteiger partial charge is 0.136 e. The number of hydrogen-bond acceptors (Lipinski definition) is 3. The van der Waals surface area contributed by atoms with Crippen molar-refractivity contribution in [1.29, 1.82) is 0 Å². The Morgan fingerprint density at radius 3 is 2.28 bits per heavy atom. The van der Waals surface area contributed by atoms with Gasteiger partial charge in [0.1, 0.15) is 11.2 Å². The lowest BCUT2D eigenvalue weighted by molar-refractivity contribution is 0.669. The minimum absolute atomic E-state index is 0.00272. The number of benzene rings is 7. The van der Waals surface area contributed by atoms with Gasteiger partial charge in [0.2, 0.25) is 0 Å². The van der Waals surface area contributed by atoms with E-state index in [2.05, 4.69) is 12.1 Å². The lowest BCUT2D eigenvalue weighted by atomic mass is 9.98. The second-order valence-electron chi connectivity index (χ2n) is 10.1. The van der Waals surface area contributed by atoms with E-state index in [1.165, 1.54) is 18.2 Å². The molecule has 0 fully saturated rings. The van der Waals surface area contributed by atoms with Gasteiger partial charge in [0.15, 0.2) is 0 Å². The maximum atomic E-state index is 9.30. The van der Waals surface area contributed by atoms with Crippen molar-refractivity contribution < 1.29 is 19.5 Å². The Morgan fingerprint density at radius 2 is 1.37 bits per heavy atom. The largest absolute Gasteiger partial charge is 0.456 e. The van der Waals surface area contributed by atoms with E-state index < -0.39 is 0 Å². The van der Waals surface area contributed by atoms with Crippen LogP contribution in [-0.4, -0.2) is 0 Å². The molecule has 7 aromatic carbocycles. The van der Waals surface area contributed by atoms with Crippen LogP contribution in [0, 0.1) is 0 Å². The Kier molecular flexibility index (Phi) is 3.51. The quantitative estimate of drug-likeness (QED) is 0.206. The van der Waals surface area contributed by atoms with Crippen LogP contribution in [0.1, 0.15) is 15.1 Å². The molecule has 2 aromatic heterocycles. The van der Waals surface area contributed by atoms with Crippen LogP contribution >= 0.6 is 11.3 Å². The molecule has 43 heavy (non-hydrogen) atoms. The van der Waals surface area contributed by atoms with Crippen molar-refractivity contribution in [2.45, 2.75) is 0 Å². The van der Waals surface area contributed by atoms with Crippen LogP contribution in [0.3, 0.4) is 0 Å². The number of rotatable bonds is 4. The SMILES string of the molecule is [2H]c1cc([2H])c(N(c2ccc(-c3c([2H])c([2H])c4c(c3[2H])c([2H])c([2H])c3oc5cc([2H])c([2H])c([2H])c5c34)cc2)c2ccc3sc4ccccc4c3c2)c([2H])c1. The molecule has 3 heteroatoms. The summed E-state index contributed by atoms with van der Waals surface area (Å²) in [5, 5.41) is 2.20. The standard InChI is InChI=1S/C40H25NOS/c1-2-8-29(9-3-1)41(31-20-23-39-35(25-31)33-10-5-7-13-38(33)43-39)30-18-14-26(15-19-30)27-16-21-32-28(24-27)17-22-37-40(32)34-11-4-6-12-36(34)42-37/h1-25H/i1D,4D,6D,8D,9D,11D,16D,17D,21D,22D,24D. The molecule has 0 saturated heterocycles. The molecule has 0 spiro atoms. The van der Waals surface area contributed by atoms with Crippen molar-refractivity contribution >= 4 is 81.3 Å². The molecule has 202 valence electrons. The van der Waals surface area contributed by atoms with Crippen molar-refractivity contribution in [1.82, 2.24) is 0 Å². The number of fused-ring (bicyclic) bond motifs is 8. The molecular formula is C40H25NOS. The molecule has 0 atom stereocenters. The minimum Gasteiger partial charge on any atom is -0.456 e. The summed E-state index contributed by atoms with van der Waals surface area (Å²) in [6.07, 6.45) is 0. The lowest BCUT2D eigenvalue weighted by Gasteiger charge is -2.26. The molecule has 2 heterocycles. The van der Waals surface area contributed by atoms with Gasteiger partial charge in [0.25, 0.3) is 0 Å². The van der Waals surface area contributed by atoms with Gasteiger partial charge < -0.3 is 9.32 Å². The van der Waals surface area contributed by atoms with Crippen LogP contribution in [0.2, 0.25) is 0 Å². The van der Waals surface area contributed by atoms with Crippen LogP contribution in [0.25, 0.3) is 64.0 Å². The predicted octanol–water partition coefficient (Wildman–Crippen LogP) is 12.2.